The van der Waals surface area contributed by atoms with Crippen LogP contribution in [0.1, 0.15) is 6.92 Å². The molecule has 0 heterocycles. The van der Waals surface area contributed by atoms with E-state index in [-0.39, 0.29) is 16.5 Å². The smallest absolute Gasteiger partial charge is 0.232 e. The molecule has 0 aromatic carbocycles. The lowest BCUT2D eigenvalue weighted by atomic mass is 10.3. The van der Waals surface area contributed by atoms with Crippen LogP contribution >= 0.6 is 23.4 Å². The third kappa shape index (κ3) is 2.96. The van der Waals surface area contributed by atoms with Crippen LogP contribution in [0.25, 0.3) is 0 Å². The van der Waals surface area contributed by atoms with E-state index in [0.717, 1.165) is 0 Å². The molecule has 0 fully saturated rings. The van der Waals surface area contributed by atoms with Crippen molar-refractivity contribution in [1.82, 2.24) is 0 Å². The maximum absolute atomic E-state index is 10.5. The number of carbonyl (C=O) groups is 1. The van der Waals surface area contributed by atoms with Gasteiger partial charge in [0.05, 0.1) is 10.6 Å². The molecule has 0 aliphatic carbocycles. The SMILES string of the molecule is CSC(C(N)=O)C(C)Cl. The molecule has 2 nitrogen and oxygen atoms in total. The number of rotatable bonds is 3. The van der Waals surface area contributed by atoms with Crippen molar-refractivity contribution >= 4 is 29.3 Å². The van der Waals surface area contributed by atoms with Gasteiger partial charge in [-0.05, 0) is 13.2 Å². The van der Waals surface area contributed by atoms with Gasteiger partial charge in [0.15, 0.2) is 0 Å². The first kappa shape index (κ1) is 9.11. The zero-order valence-electron chi connectivity index (χ0n) is 5.43. The van der Waals surface area contributed by atoms with Gasteiger partial charge in [-0.15, -0.1) is 11.6 Å². The van der Waals surface area contributed by atoms with Crippen molar-refractivity contribution in [3.8, 4) is 0 Å². The highest BCUT2D eigenvalue weighted by atomic mass is 35.5. The number of primary amides is 1. The van der Waals surface area contributed by atoms with Crippen molar-refractivity contribution in [1.29, 1.82) is 0 Å². The number of halogens is 1. The number of nitrogens with two attached hydrogens (primary N) is 1. The predicted molar refractivity (Wildman–Crippen MR) is 41.8 cm³/mol. The minimum atomic E-state index is -0.343. The summed E-state index contributed by atoms with van der Waals surface area (Å²) in [6.45, 7) is 1.76. The number of thioether (sulfide) groups is 1. The summed E-state index contributed by atoms with van der Waals surface area (Å²) >= 11 is 7.00. The van der Waals surface area contributed by atoms with Crippen LogP contribution in [0.5, 0.6) is 0 Å². The Morgan fingerprint density at radius 3 is 2.22 bits per heavy atom. The van der Waals surface area contributed by atoms with Gasteiger partial charge in [0.25, 0.3) is 0 Å². The van der Waals surface area contributed by atoms with Crippen molar-refractivity contribution in [2.75, 3.05) is 6.26 Å². The largest absolute Gasteiger partial charge is 0.369 e. The van der Waals surface area contributed by atoms with Crippen molar-refractivity contribution in [3.63, 3.8) is 0 Å². The first-order valence-corrected chi connectivity index (χ1v) is 4.28. The minimum absolute atomic E-state index is 0.183. The summed E-state index contributed by atoms with van der Waals surface area (Å²) in [6, 6.07) is 0. The van der Waals surface area contributed by atoms with E-state index in [4.69, 9.17) is 17.3 Å². The normalized spacial score (nSPS) is 16.8. The maximum atomic E-state index is 10.5. The molecule has 4 heteroatoms. The summed E-state index contributed by atoms with van der Waals surface area (Å²) in [7, 11) is 0. The van der Waals surface area contributed by atoms with Gasteiger partial charge in [-0.3, -0.25) is 4.79 Å². The van der Waals surface area contributed by atoms with E-state index in [0.29, 0.717) is 0 Å². The Hall–Kier alpha value is 0.110. The Kier molecular flexibility index (Phi) is 4.06. The maximum Gasteiger partial charge on any atom is 0.232 e. The summed E-state index contributed by atoms with van der Waals surface area (Å²) in [5.41, 5.74) is 5.00. The molecule has 2 unspecified atom stereocenters. The van der Waals surface area contributed by atoms with Crippen LogP contribution in [0.2, 0.25) is 0 Å². The molecular formula is C5H10ClNOS. The zero-order valence-corrected chi connectivity index (χ0v) is 7.00. The highest BCUT2D eigenvalue weighted by molar-refractivity contribution is 8.00. The van der Waals surface area contributed by atoms with Crippen molar-refractivity contribution < 1.29 is 4.79 Å². The molecule has 0 aromatic heterocycles. The molecule has 9 heavy (non-hydrogen) atoms. The fourth-order valence-electron chi connectivity index (χ4n) is 0.530. The van der Waals surface area contributed by atoms with Gasteiger partial charge in [0.1, 0.15) is 0 Å². The summed E-state index contributed by atoms with van der Waals surface area (Å²) in [5.74, 6) is -0.343. The van der Waals surface area contributed by atoms with Gasteiger partial charge >= 0.3 is 0 Å². The van der Waals surface area contributed by atoms with Gasteiger partial charge in [-0.2, -0.15) is 11.8 Å². The monoisotopic (exact) mass is 167 g/mol. The standard InChI is InChI=1S/C5H10ClNOS/c1-3(6)4(9-2)5(7)8/h3-4H,1-2H3,(H2,7,8). The number of hydrogen-bond acceptors (Lipinski definition) is 2. The van der Waals surface area contributed by atoms with E-state index in [1.807, 2.05) is 6.26 Å². The second-order valence-corrected chi connectivity index (χ2v) is 3.40. The summed E-state index contributed by atoms with van der Waals surface area (Å²) in [6.07, 6.45) is 1.81. The molecule has 54 valence electrons. The Morgan fingerprint density at radius 2 is 2.22 bits per heavy atom. The Morgan fingerprint density at radius 1 is 1.78 bits per heavy atom. The zero-order chi connectivity index (χ0) is 7.44. The van der Waals surface area contributed by atoms with Crippen molar-refractivity contribution in [2.24, 2.45) is 5.73 Å². The van der Waals surface area contributed by atoms with E-state index < -0.39 is 0 Å². The minimum Gasteiger partial charge on any atom is -0.369 e. The van der Waals surface area contributed by atoms with Crippen LogP contribution < -0.4 is 5.73 Å². The molecule has 0 spiro atoms. The molecule has 0 rings (SSSR count). The summed E-state index contributed by atoms with van der Waals surface area (Å²) in [4.78, 5) is 10.5. The summed E-state index contributed by atoms with van der Waals surface area (Å²) < 4.78 is 0. The van der Waals surface area contributed by atoms with Crippen LogP contribution in [0.4, 0.5) is 0 Å². The fraction of sp³-hybridized carbons (Fsp3) is 0.800. The second-order valence-electron chi connectivity index (χ2n) is 1.74. The van der Waals surface area contributed by atoms with Crippen LogP contribution in [0.15, 0.2) is 0 Å². The number of amides is 1. The molecule has 0 aliphatic rings. The lowest BCUT2D eigenvalue weighted by molar-refractivity contribution is -0.117. The molecule has 0 bridgehead atoms. The molecule has 0 aromatic rings. The Bertz CT molecular complexity index is 107. The fourth-order valence-corrected chi connectivity index (χ4v) is 1.57. The van der Waals surface area contributed by atoms with Gasteiger partial charge < -0.3 is 5.73 Å². The quantitative estimate of drug-likeness (QED) is 0.633. The third-order valence-corrected chi connectivity index (χ3v) is 2.50. The number of carbonyl (C=O) groups excluding carboxylic acids is 1. The third-order valence-electron chi connectivity index (χ3n) is 0.952. The van der Waals surface area contributed by atoms with Gasteiger partial charge in [-0.25, -0.2) is 0 Å². The Balaban J connectivity index is 3.83. The van der Waals surface area contributed by atoms with Gasteiger partial charge in [-0.1, -0.05) is 0 Å². The van der Waals surface area contributed by atoms with Crippen molar-refractivity contribution in [2.45, 2.75) is 17.6 Å². The topological polar surface area (TPSA) is 43.1 Å². The van der Waals surface area contributed by atoms with E-state index in [9.17, 15) is 4.79 Å². The molecule has 0 aliphatic heterocycles. The lowest BCUT2D eigenvalue weighted by Crippen LogP contribution is -2.31. The van der Waals surface area contributed by atoms with E-state index in [1.54, 1.807) is 6.92 Å². The predicted octanol–water partition coefficient (Wildman–Crippen LogP) is 0.831. The van der Waals surface area contributed by atoms with Crippen LogP contribution in [0, 0.1) is 0 Å². The average molecular weight is 168 g/mol. The second kappa shape index (κ2) is 4.01. The van der Waals surface area contributed by atoms with Crippen LogP contribution in [-0.4, -0.2) is 22.8 Å². The molecule has 2 atom stereocenters. The molecule has 0 saturated carbocycles. The highest BCUT2D eigenvalue weighted by Crippen LogP contribution is 2.14. The van der Waals surface area contributed by atoms with Crippen LogP contribution in [-0.2, 0) is 4.79 Å². The van der Waals surface area contributed by atoms with E-state index in [2.05, 4.69) is 0 Å². The molecular weight excluding hydrogens is 158 g/mol. The summed E-state index contributed by atoms with van der Waals surface area (Å²) in [5, 5.41) is -0.441. The first-order chi connectivity index (χ1) is 4.09. The molecule has 0 radical (unpaired) electrons. The van der Waals surface area contributed by atoms with E-state index >= 15 is 0 Å². The van der Waals surface area contributed by atoms with Gasteiger partial charge in [0.2, 0.25) is 5.91 Å². The first-order valence-electron chi connectivity index (χ1n) is 2.55. The van der Waals surface area contributed by atoms with E-state index in [1.165, 1.54) is 11.8 Å². The number of hydrogen-bond donors (Lipinski definition) is 1. The highest BCUT2D eigenvalue weighted by Gasteiger charge is 2.18. The molecule has 0 saturated heterocycles. The number of alkyl halides is 1. The Labute approximate surface area is 64.1 Å². The lowest BCUT2D eigenvalue weighted by Gasteiger charge is -2.10. The molecule has 1 amide bonds. The van der Waals surface area contributed by atoms with Gasteiger partial charge in [0, 0.05) is 0 Å². The molecule has 2 N–H and O–H groups in total. The van der Waals surface area contributed by atoms with Crippen LogP contribution in [0.3, 0.4) is 0 Å². The van der Waals surface area contributed by atoms with Crippen molar-refractivity contribution in [3.05, 3.63) is 0 Å². The average Bonchev–Trinajstić information content (AvgIpc) is 1.64.